The molecule has 0 saturated carbocycles. The molecule has 15 heavy (non-hydrogen) atoms. The van der Waals surface area contributed by atoms with Gasteiger partial charge in [0.15, 0.2) is 0 Å². The Morgan fingerprint density at radius 3 is 2.60 bits per heavy atom. The molecule has 76 valence electrons. The zero-order chi connectivity index (χ0) is 10.5. The number of anilines is 1. The highest BCUT2D eigenvalue weighted by Gasteiger charge is 2.04. The van der Waals surface area contributed by atoms with E-state index in [0.29, 0.717) is 5.56 Å². The number of nitrogens with one attached hydrogen (secondary N) is 1. The molecule has 3 nitrogen and oxygen atoms in total. The van der Waals surface area contributed by atoms with Gasteiger partial charge in [-0.25, -0.2) is 0 Å². The number of hydrogen-bond acceptors (Lipinski definition) is 3. The summed E-state index contributed by atoms with van der Waals surface area (Å²) in [6.07, 6.45) is 3.43. The molecule has 0 saturated heterocycles. The van der Waals surface area contributed by atoms with E-state index in [2.05, 4.69) is 16.4 Å². The Hall–Kier alpha value is -1.82. The van der Waals surface area contributed by atoms with Crippen LogP contribution in [0.1, 0.15) is 24.8 Å². The van der Waals surface area contributed by atoms with Crippen LogP contribution in [-0.4, -0.2) is 12.4 Å². The molecule has 0 aliphatic carbocycles. The van der Waals surface area contributed by atoms with Gasteiger partial charge >= 0.3 is 0 Å². The Bertz CT molecular complexity index is 398. The highest BCUT2D eigenvalue weighted by Crippen LogP contribution is 2.12. The zero-order valence-electron chi connectivity index (χ0n) is 8.53. The third-order valence-electron chi connectivity index (χ3n) is 2.43. The third-order valence-corrected chi connectivity index (χ3v) is 2.43. The molecule has 2 rings (SSSR count). The molecule has 1 aliphatic heterocycles. The topological polar surface area (TPSA) is 48.2 Å². The molecule has 1 aromatic rings. The third kappa shape index (κ3) is 2.57. The summed E-state index contributed by atoms with van der Waals surface area (Å²) in [5, 5.41) is 11.9. The lowest BCUT2D eigenvalue weighted by Gasteiger charge is -2.13. The predicted octanol–water partition coefficient (Wildman–Crippen LogP) is 2.55. The van der Waals surface area contributed by atoms with E-state index in [4.69, 9.17) is 5.26 Å². The lowest BCUT2D eigenvalue weighted by Crippen LogP contribution is -2.15. The molecule has 3 heteroatoms. The first-order valence-electron chi connectivity index (χ1n) is 5.19. The predicted molar refractivity (Wildman–Crippen MR) is 60.9 cm³/mol. The van der Waals surface area contributed by atoms with Crippen molar-refractivity contribution in [3.05, 3.63) is 29.8 Å². The van der Waals surface area contributed by atoms with Gasteiger partial charge in [-0.05, 0) is 37.1 Å². The second-order valence-electron chi connectivity index (χ2n) is 3.60. The molecule has 0 unspecified atom stereocenters. The molecule has 0 aromatic heterocycles. The van der Waals surface area contributed by atoms with E-state index in [1.54, 1.807) is 0 Å². The van der Waals surface area contributed by atoms with E-state index < -0.39 is 0 Å². The summed E-state index contributed by atoms with van der Waals surface area (Å²) >= 11 is 0. The van der Waals surface area contributed by atoms with Crippen molar-refractivity contribution in [3.63, 3.8) is 0 Å². The minimum atomic E-state index is 0.686. The van der Waals surface area contributed by atoms with Crippen molar-refractivity contribution in [1.82, 2.24) is 0 Å². The van der Waals surface area contributed by atoms with E-state index in [1.165, 1.54) is 12.8 Å². The summed E-state index contributed by atoms with van der Waals surface area (Å²) in [5.41, 5.74) is 1.70. The van der Waals surface area contributed by atoms with Gasteiger partial charge in [-0.15, -0.1) is 0 Å². The van der Waals surface area contributed by atoms with E-state index in [1.807, 2.05) is 24.3 Å². The second kappa shape index (κ2) is 4.61. The summed E-state index contributed by atoms with van der Waals surface area (Å²) in [6, 6.07) is 9.55. The summed E-state index contributed by atoms with van der Waals surface area (Å²) in [7, 11) is 0. The van der Waals surface area contributed by atoms with Gasteiger partial charge in [0.05, 0.1) is 11.6 Å². The van der Waals surface area contributed by atoms with Gasteiger partial charge in [-0.1, -0.05) is 0 Å². The van der Waals surface area contributed by atoms with Gasteiger partial charge in [0.1, 0.15) is 5.84 Å². The van der Waals surface area contributed by atoms with Crippen molar-refractivity contribution >= 4 is 11.5 Å². The Morgan fingerprint density at radius 1 is 1.20 bits per heavy atom. The number of aliphatic imine (C=N–C) groups is 1. The highest BCUT2D eigenvalue weighted by molar-refractivity contribution is 5.95. The maximum Gasteiger partial charge on any atom is 0.101 e. The van der Waals surface area contributed by atoms with Crippen molar-refractivity contribution in [2.45, 2.75) is 19.3 Å². The average Bonchev–Trinajstić information content (AvgIpc) is 2.31. The Balaban J connectivity index is 2.04. The number of rotatable bonds is 1. The molecule has 0 bridgehead atoms. The number of nitriles is 1. The van der Waals surface area contributed by atoms with Gasteiger partial charge in [0, 0.05) is 18.7 Å². The first kappa shape index (κ1) is 9.72. The fourth-order valence-corrected chi connectivity index (χ4v) is 1.59. The second-order valence-corrected chi connectivity index (χ2v) is 3.60. The van der Waals surface area contributed by atoms with E-state index >= 15 is 0 Å². The van der Waals surface area contributed by atoms with Crippen LogP contribution in [0.4, 0.5) is 5.69 Å². The van der Waals surface area contributed by atoms with Crippen LogP contribution in [-0.2, 0) is 0 Å². The lowest BCUT2D eigenvalue weighted by atomic mass is 10.1. The zero-order valence-corrected chi connectivity index (χ0v) is 8.53. The van der Waals surface area contributed by atoms with Crippen molar-refractivity contribution < 1.29 is 0 Å². The first-order valence-corrected chi connectivity index (χ1v) is 5.19. The van der Waals surface area contributed by atoms with Crippen molar-refractivity contribution in [2.75, 3.05) is 11.9 Å². The Morgan fingerprint density at radius 2 is 2.00 bits per heavy atom. The average molecular weight is 199 g/mol. The quantitative estimate of drug-likeness (QED) is 0.755. The molecule has 0 amide bonds. The molecule has 1 N–H and O–H groups in total. The Kier molecular flexibility index (Phi) is 2.99. The lowest BCUT2D eigenvalue weighted by molar-refractivity contribution is 0.737. The largest absolute Gasteiger partial charge is 0.344 e. The van der Waals surface area contributed by atoms with Gasteiger partial charge in [-0.3, -0.25) is 4.99 Å². The minimum Gasteiger partial charge on any atom is -0.344 e. The van der Waals surface area contributed by atoms with Crippen LogP contribution in [0.3, 0.4) is 0 Å². The molecular formula is C12H13N3. The maximum atomic E-state index is 8.66. The molecule has 1 aromatic carbocycles. The summed E-state index contributed by atoms with van der Waals surface area (Å²) < 4.78 is 0. The summed E-state index contributed by atoms with van der Waals surface area (Å²) in [4.78, 5) is 4.41. The van der Waals surface area contributed by atoms with Gasteiger partial charge < -0.3 is 5.32 Å². The number of hydrogen-bond donors (Lipinski definition) is 1. The molecule has 1 heterocycles. The van der Waals surface area contributed by atoms with Crippen LogP contribution in [0.5, 0.6) is 0 Å². The van der Waals surface area contributed by atoms with Crippen LogP contribution >= 0.6 is 0 Å². The summed E-state index contributed by atoms with van der Waals surface area (Å²) in [5.74, 6) is 1.06. The molecule has 0 fully saturated rings. The van der Waals surface area contributed by atoms with E-state index in [0.717, 1.165) is 24.5 Å². The van der Waals surface area contributed by atoms with Gasteiger partial charge in [-0.2, -0.15) is 5.26 Å². The molecule has 1 aliphatic rings. The smallest absolute Gasteiger partial charge is 0.101 e. The number of nitrogens with zero attached hydrogens (tertiary/aromatic N) is 2. The first-order chi connectivity index (χ1) is 7.38. The van der Waals surface area contributed by atoms with Gasteiger partial charge in [0.25, 0.3) is 0 Å². The normalized spacial score (nSPS) is 15.3. The van der Waals surface area contributed by atoms with Crippen molar-refractivity contribution in [1.29, 1.82) is 5.26 Å². The number of benzene rings is 1. The fraction of sp³-hybridized carbons (Fsp3) is 0.333. The van der Waals surface area contributed by atoms with Crippen LogP contribution in [0, 0.1) is 11.3 Å². The fourth-order valence-electron chi connectivity index (χ4n) is 1.59. The molecule has 0 spiro atoms. The minimum absolute atomic E-state index is 0.686. The molecule has 0 atom stereocenters. The standard InChI is InChI=1S/C12H13N3/c13-9-10-4-6-11(7-5-10)15-12-3-1-2-8-14-12/h4-7H,1-3,8H2,(H,14,15). The summed E-state index contributed by atoms with van der Waals surface area (Å²) in [6.45, 7) is 0.929. The maximum absolute atomic E-state index is 8.66. The highest BCUT2D eigenvalue weighted by atomic mass is 15.0. The van der Waals surface area contributed by atoms with Crippen LogP contribution in [0.25, 0.3) is 0 Å². The Labute approximate surface area is 89.5 Å². The SMILES string of the molecule is N#Cc1ccc(NC2=NCCCC2)cc1. The molecular weight excluding hydrogens is 186 g/mol. The number of amidine groups is 1. The van der Waals surface area contributed by atoms with Crippen molar-refractivity contribution in [2.24, 2.45) is 4.99 Å². The van der Waals surface area contributed by atoms with Gasteiger partial charge in [0.2, 0.25) is 0 Å². The van der Waals surface area contributed by atoms with Crippen molar-refractivity contribution in [3.8, 4) is 6.07 Å². The monoisotopic (exact) mass is 199 g/mol. The van der Waals surface area contributed by atoms with E-state index in [9.17, 15) is 0 Å². The van der Waals surface area contributed by atoms with Crippen LogP contribution < -0.4 is 5.32 Å². The van der Waals surface area contributed by atoms with E-state index in [-0.39, 0.29) is 0 Å². The van der Waals surface area contributed by atoms with Crippen LogP contribution in [0.15, 0.2) is 29.3 Å². The molecule has 0 radical (unpaired) electrons. The van der Waals surface area contributed by atoms with Crippen LogP contribution in [0.2, 0.25) is 0 Å².